The molecule has 3 rings (SSSR count). The van der Waals surface area contributed by atoms with Gasteiger partial charge in [-0.3, -0.25) is 9.36 Å². The van der Waals surface area contributed by atoms with Crippen LogP contribution < -0.4 is 5.69 Å². The number of carbonyl (C=O) groups excluding carboxylic acids is 1. The van der Waals surface area contributed by atoms with Crippen LogP contribution in [0.15, 0.2) is 40.3 Å². The fourth-order valence-electron chi connectivity index (χ4n) is 2.24. The maximum atomic E-state index is 11.9. The number of H-pyrrole nitrogens is 1. The van der Waals surface area contributed by atoms with E-state index < -0.39 is 0 Å². The lowest BCUT2D eigenvalue weighted by Gasteiger charge is -2.07. The zero-order chi connectivity index (χ0) is 14.8. The van der Waals surface area contributed by atoms with Crippen molar-refractivity contribution in [2.24, 2.45) is 0 Å². The first-order valence-electron chi connectivity index (χ1n) is 6.70. The first-order chi connectivity index (χ1) is 10.1. The fraction of sp³-hybridized carbons (Fsp3) is 0.357. The van der Waals surface area contributed by atoms with E-state index in [1.54, 1.807) is 0 Å². The van der Waals surface area contributed by atoms with Crippen LogP contribution in [0.2, 0.25) is 0 Å². The molecule has 1 aliphatic rings. The summed E-state index contributed by atoms with van der Waals surface area (Å²) in [4.78, 5) is 23.6. The minimum Gasteiger partial charge on any atom is -0.462 e. The summed E-state index contributed by atoms with van der Waals surface area (Å²) in [6, 6.07) is 9.65. The summed E-state index contributed by atoms with van der Waals surface area (Å²) in [6.07, 6.45) is 0.554. The summed E-state index contributed by atoms with van der Waals surface area (Å²) in [7, 11) is 0. The zero-order valence-corrected chi connectivity index (χ0v) is 12.3. The lowest BCUT2D eigenvalue weighted by atomic mass is 10.2. The number of hydrogen-bond acceptors (Lipinski definition) is 5. The average Bonchev–Trinajstić information content (AvgIpc) is 2.96. The van der Waals surface area contributed by atoms with Gasteiger partial charge in [-0.05, 0) is 12.5 Å². The molecular formula is C14H15N3O3S. The molecule has 6 nitrogen and oxygen atoms in total. The normalized spacial score (nSPS) is 21.5. The van der Waals surface area contributed by atoms with Crippen LogP contribution in [0, 0.1) is 0 Å². The Hall–Kier alpha value is -2.02. The second-order valence-electron chi connectivity index (χ2n) is 4.97. The number of nitrogens with zero attached hydrogens (tertiary/aromatic N) is 2. The molecular weight excluding hydrogens is 290 g/mol. The molecule has 1 fully saturated rings. The molecule has 7 heteroatoms. The highest BCUT2D eigenvalue weighted by Gasteiger charge is 2.34. The van der Waals surface area contributed by atoms with Crippen LogP contribution >= 0.6 is 11.8 Å². The van der Waals surface area contributed by atoms with E-state index in [0.717, 1.165) is 5.56 Å². The van der Waals surface area contributed by atoms with Gasteiger partial charge in [0.25, 0.3) is 0 Å². The predicted octanol–water partition coefficient (Wildman–Crippen LogP) is 1.42. The average molecular weight is 305 g/mol. The Morgan fingerprint density at radius 1 is 1.38 bits per heavy atom. The van der Waals surface area contributed by atoms with Crippen LogP contribution in [0.3, 0.4) is 0 Å². The predicted molar refractivity (Wildman–Crippen MR) is 78.2 cm³/mol. The molecule has 1 aromatic heterocycles. The molecule has 1 aromatic carbocycles. The van der Waals surface area contributed by atoms with Crippen LogP contribution in [0.1, 0.15) is 18.9 Å². The number of benzene rings is 1. The lowest BCUT2D eigenvalue weighted by Crippen LogP contribution is -2.19. The molecule has 0 saturated carbocycles. The van der Waals surface area contributed by atoms with E-state index in [2.05, 4.69) is 10.2 Å². The highest BCUT2D eigenvalue weighted by atomic mass is 32.2. The second kappa shape index (κ2) is 5.77. The van der Waals surface area contributed by atoms with Crippen molar-refractivity contribution in [2.45, 2.75) is 36.4 Å². The van der Waals surface area contributed by atoms with Crippen LogP contribution in [-0.2, 0) is 16.1 Å². The SMILES string of the molecule is C[C@@H]1C[C@H](Sc2n[nH]c(=O)n2Cc2ccccc2)C(=O)O1. The number of cyclic esters (lactones) is 1. The van der Waals surface area contributed by atoms with Crippen molar-refractivity contribution >= 4 is 17.7 Å². The van der Waals surface area contributed by atoms with Crippen molar-refractivity contribution < 1.29 is 9.53 Å². The van der Waals surface area contributed by atoms with Crippen LogP contribution in [0.25, 0.3) is 0 Å². The molecule has 0 spiro atoms. The van der Waals surface area contributed by atoms with Crippen LogP contribution in [0.4, 0.5) is 0 Å². The Bertz CT molecular complexity index is 695. The molecule has 1 saturated heterocycles. The van der Waals surface area contributed by atoms with Crippen molar-refractivity contribution in [3.8, 4) is 0 Å². The molecule has 0 aliphatic carbocycles. The van der Waals surface area contributed by atoms with Gasteiger partial charge in [0.15, 0.2) is 5.16 Å². The van der Waals surface area contributed by atoms with Crippen molar-refractivity contribution in [1.29, 1.82) is 0 Å². The Morgan fingerprint density at radius 2 is 2.14 bits per heavy atom. The summed E-state index contributed by atoms with van der Waals surface area (Å²) in [5.74, 6) is -0.241. The number of ether oxygens (including phenoxy) is 1. The fourth-order valence-corrected chi connectivity index (χ4v) is 3.39. The van der Waals surface area contributed by atoms with Crippen molar-refractivity contribution in [1.82, 2.24) is 14.8 Å². The van der Waals surface area contributed by atoms with E-state index in [1.165, 1.54) is 16.3 Å². The van der Waals surface area contributed by atoms with Gasteiger partial charge in [-0.15, -0.1) is 5.10 Å². The number of esters is 1. The molecule has 2 atom stereocenters. The van der Waals surface area contributed by atoms with Gasteiger partial charge in [-0.1, -0.05) is 42.1 Å². The van der Waals surface area contributed by atoms with E-state index in [-0.39, 0.29) is 23.0 Å². The zero-order valence-electron chi connectivity index (χ0n) is 11.5. The molecule has 110 valence electrons. The number of rotatable bonds is 4. The molecule has 1 aliphatic heterocycles. The summed E-state index contributed by atoms with van der Waals surface area (Å²) >= 11 is 1.28. The van der Waals surface area contributed by atoms with Gasteiger partial charge in [0.2, 0.25) is 0 Å². The van der Waals surface area contributed by atoms with Gasteiger partial charge in [0, 0.05) is 6.42 Å². The topological polar surface area (TPSA) is 77.0 Å². The third-order valence-corrected chi connectivity index (χ3v) is 4.47. The summed E-state index contributed by atoms with van der Waals surface area (Å²) in [6.45, 7) is 2.29. The Morgan fingerprint density at radius 3 is 2.81 bits per heavy atom. The number of aromatic nitrogens is 3. The van der Waals surface area contributed by atoms with Crippen LogP contribution in [-0.4, -0.2) is 32.1 Å². The smallest absolute Gasteiger partial charge is 0.344 e. The molecule has 0 amide bonds. The number of hydrogen-bond donors (Lipinski definition) is 1. The number of aromatic amines is 1. The van der Waals surface area contributed by atoms with E-state index >= 15 is 0 Å². The highest BCUT2D eigenvalue weighted by Crippen LogP contribution is 2.30. The Kier molecular flexibility index (Phi) is 3.83. The van der Waals surface area contributed by atoms with Crippen molar-refractivity contribution in [3.05, 3.63) is 46.4 Å². The third kappa shape index (κ3) is 3.02. The molecule has 0 unspecified atom stereocenters. The summed E-state index contributed by atoms with van der Waals surface area (Å²) < 4.78 is 6.66. The van der Waals surface area contributed by atoms with Gasteiger partial charge in [-0.2, -0.15) is 0 Å². The van der Waals surface area contributed by atoms with Crippen LogP contribution in [0.5, 0.6) is 0 Å². The first kappa shape index (κ1) is 13.9. The van der Waals surface area contributed by atoms with E-state index in [4.69, 9.17) is 4.74 Å². The monoisotopic (exact) mass is 305 g/mol. The molecule has 21 heavy (non-hydrogen) atoms. The third-order valence-electron chi connectivity index (χ3n) is 3.28. The van der Waals surface area contributed by atoms with Crippen molar-refractivity contribution in [2.75, 3.05) is 0 Å². The molecule has 2 aromatic rings. The molecule has 1 N–H and O–H groups in total. The minimum atomic E-state index is -0.301. The highest BCUT2D eigenvalue weighted by molar-refractivity contribution is 8.00. The van der Waals surface area contributed by atoms with E-state index in [1.807, 2.05) is 37.3 Å². The van der Waals surface area contributed by atoms with E-state index in [9.17, 15) is 9.59 Å². The Labute approximate surface area is 125 Å². The summed E-state index contributed by atoms with van der Waals surface area (Å²) in [5, 5.41) is 6.67. The van der Waals surface area contributed by atoms with Gasteiger partial charge in [-0.25, -0.2) is 9.89 Å². The van der Waals surface area contributed by atoms with E-state index in [0.29, 0.717) is 18.1 Å². The molecule has 2 heterocycles. The maximum Gasteiger partial charge on any atom is 0.344 e. The van der Waals surface area contributed by atoms with Gasteiger partial charge in [0.1, 0.15) is 11.4 Å². The minimum absolute atomic E-state index is 0.0803. The maximum absolute atomic E-state index is 11.9. The Balaban J connectivity index is 1.81. The first-order valence-corrected chi connectivity index (χ1v) is 7.57. The molecule has 0 bridgehead atoms. The summed E-state index contributed by atoms with van der Waals surface area (Å²) in [5.41, 5.74) is 0.728. The van der Waals surface area contributed by atoms with Crippen molar-refractivity contribution in [3.63, 3.8) is 0 Å². The number of nitrogens with one attached hydrogen (secondary N) is 1. The quantitative estimate of drug-likeness (QED) is 0.864. The number of carbonyl (C=O) groups is 1. The van der Waals surface area contributed by atoms with Gasteiger partial charge < -0.3 is 4.74 Å². The lowest BCUT2D eigenvalue weighted by molar-refractivity contribution is -0.140. The molecule has 0 radical (unpaired) electrons. The largest absolute Gasteiger partial charge is 0.462 e. The second-order valence-corrected chi connectivity index (χ2v) is 6.14. The van der Waals surface area contributed by atoms with Gasteiger partial charge in [0.05, 0.1) is 6.54 Å². The van der Waals surface area contributed by atoms with Gasteiger partial charge >= 0.3 is 11.7 Å². The standard InChI is InChI=1S/C14H15N3O3S/c1-9-7-11(12(18)20-9)21-14-16-15-13(19)17(14)8-10-5-3-2-4-6-10/h2-6,9,11H,7-8H2,1H3,(H,15,19)/t9-,11+/m1/s1. The number of thioether (sulfide) groups is 1.